The molecule has 36 heavy (non-hydrogen) atoms. The normalized spacial score (nSPS) is 11.6. The van der Waals surface area contributed by atoms with Crippen molar-refractivity contribution in [2.75, 3.05) is 15.8 Å². The molecule has 4 N–H and O–H groups in total. The molecule has 8 nitrogen and oxygen atoms in total. The first-order chi connectivity index (χ1) is 17.3. The number of hydrogen-bond acceptors (Lipinski definition) is 6. The molecule has 0 saturated carbocycles. The van der Waals surface area contributed by atoms with Crippen LogP contribution in [0.5, 0.6) is 0 Å². The van der Waals surface area contributed by atoms with Crippen LogP contribution in [0.25, 0.3) is 10.9 Å². The van der Waals surface area contributed by atoms with Gasteiger partial charge in [-0.1, -0.05) is 72.0 Å². The molecule has 0 atom stereocenters. The van der Waals surface area contributed by atoms with Crippen LogP contribution < -0.4 is 15.8 Å². The van der Waals surface area contributed by atoms with Crippen LogP contribution >= 0.6 is 11.3 Å². The van der Waals surface area contributed by atoms with E-state index < -0.39 is 10.0 Å². The predicted molar refractivity (Wildman–Crippen MR) is 144 cm³/mol. The maximum Gasteiger partial charge on any atom is 0.275 e. The lowest BCUT2D eigenvalue weighted by Crippen LogP contribution is -2.13. The van der Waals surface area contributed by atoms with Crippen molar-refractivity contribution in [3.8, 4) is 0 Å². The van der Waals surface area contributed by atoms with E-state index in [1.54, 1.807) is 12.1 Å². The monoisotopic (exact) mass is 517 g/mol. The van der Waals surface area contributed by atoms with E-state index in [0.29, 0.717) is 5.69 Å². The number of aromatic nitrogens is 2. The molecular weight excluding hydrogens is 494 g/mol. The smallest absolute Gasteiger partial charge is 0.275 e. The second-order valence-electron chi connectivity index (χ2n) is 8.20. The standard InChI is InChI=1S/C26H23N5O3S2/c1-17(32)28-26-29-24(27)25(35-26)36(33,34)30-21-12-13-22-20(16-21)14-15-31(22)23(18-8-4-2-5-9-18)19-10-6-3-7-11-19/h2-16,23,30H,27H2,1H3,(H,28,29,32). The fraction of sp³-hybridized carbons (Fsp3) is 0.0769. The van der Waals surface area contributed by atoms with Gasteiger partial charge in [-0.25, -0.2) is 13.4 Å². The van der Waals surface area contributed by atoms with Gasteiger partial charge in [0.25, 0.3) is 10.0 Å². The molecule has 0 bridgehead atoms. The number of benzene rings is 3. The molecule has 0 aliphatic rings. The Morgan fingerprint density at radius 3 is 2.22 bits per heavy atom. The minimum atomic E-state index is -4.00. The first kappa shape index (κ1) is 23.6. The first-order valence-electron chi connectivity index (χ1n) is 11.1. The van der Waals surface area contributed by atoms with Crippen LogP contribution in [0, 0.1) is 0 Å². The third-order valence-electron chi connectivity index (χ3n) is 5.63. The molecule has 0 spiro atoms. The molecule has 3 aromatic carbocycles. The average Bonchev–Trinajstić information content (AvgIpc) is 3.43. The third kappa shape index (κ3) is 4.68. The summed E-state index contributed by atoms with van der Waals surface area (Å²) in [7, 11) is -4.00. The number of nitrogens with one attached hydrogen (secondary N) is 2. The van der Waals surface area contributed by atoms with E-state index >= 15 is 0 Å². The van der Waals surface area contributed by atoms with E-state index in [2.05, 4.69) is 43.9 Å². The van der Waals surface area contributed by atoms with Gasteiger partial charge in [-0.05, 0) is 35.4 Å². The maximum atomic E-state index is 13.0. The highest BCUT2D eigenvalue weighted by Crippen LogP contribution is 2.34. The number of nitrogen functional groups attached to an aromatic ring is 1. The van der Waals surface area contributed by atoms with E-state index in [1.807, 2.05) is 54.7 Å². The van der Waals surface area contributed by atoms with E-state index in [9.17, 15) is 13.2 Å². The number of amides is 1. The van der Waals surface area contributed by atoms with Gasteiger partial charge in [0, 0.05) is 29.7 Å². The fourth-order valence-corrected chi connectivity index (χ4v) is 6.47. The number of carbonyl (C=O) groups excluding carboxylic acids is 1. The van der Waals surface area contributed by atoms with Crippen molar-refractivity contribution >= 4 is 54.8 Å². The Kier molecular flexibility index (Phi) is 6.21. The summed E-state index contributed by atoms with van der Waals surface area (Å²) in [6.45, 7) is 1.31. The van der Waals surface area contributed by atoms with Crippen LogP contribution in [0.1, 0.15) is 24.1 Å². The molecule has 0 saturated heterocycles. The third-order valence-corrected chi connectivity index (χ3v) is 8.52. The summed E-state index contributed by atoms with van der Waals surface area (Å²) in [5, 5.41) is 3.46. The van der Waals surface area contributed by atoms with Gasteiger partial charge in [0.1, 0.15) is 0 Å². The number of hydrogen-bond donors (Lipinski definition) is 3. The van der Waals surface area contributed by atoms with Gasteiger partial charge in [0.2, 0.25) is 5.91 Å². The zero-order valence-corrected chi connectivity index (χ0v) is 20.9. The Morgan fingerprint density at radius 1 is 0.972 bits per heavy atom. The number of fused-ring (bicyclic) bond motifs is 1. The molecule has 0 aliphatic carbocycles. The molecule has 0 unspecified atom stereocenters. The quantitative estimate of drug-likeness (QED) is 0.278. The Morgan fingerprint density at radius 2 is 1.61 bits per heavy atom. The Hall–Kier alpha value is -4.15. The summed E-state index contributed by atoms with van der Waals surface area (Å²) in [6.07, 6.45) is 2.01. The average molecular weight is 518 g/mol. The topological polar surface area (TPSA) is 119 Å². The zero-order valence-electron chi connectivity index (χ0n) is 19.3. The van der Waals surface area contributed by atoms with Crippen LogP contribution in [0.15, 0.2) is 95.3 Å². The number of anilines is 3. The minimum Gasteiger partial charge on any atom is -0.382 e. The van der Waals surface area contributed by atoms with E-state index in [1.165, 1.54) is 6.92 Å². The highest BCUT2D eigenvalue weighted by molar-refractivity contribution is 7.95. The molecule has 10 heteroatoms. The molecule has 5 aromatic rings. The summed E-state index contributed by atoms with van der Waals surface area (Å²) in [6, 6.07) is 27.8. The largest absolute Gasteiger partial charge is 0.382 e. The number of rotatable bonds is 7. The van der Waals surface area contributed by atoms with Crippen LogP contribution in [0.3, 0.4) is 0 Å². The van der Waals surface area contributed by atoms with Crippen molar-refractivity contribution in [3.05, 3.63) is 102 Å². The molecule has 0 radical (unpaired) electrons. The highest BCUT2D eigenvalue weighted by Gasteiger charge is 2.24. The molecule has 2 aromatic heterocycles. The fourth-order valence-electron chi connectivity index (χ4n) is 4.15. The SMILES string of the molecule is CC(=O)Nc1nc(N)c(S(=O)(=O)Nc2ccc3c(ccn3C(c3ccccc3)c3ccccc3)c2)s1. The summed E-state index contributed by atoms with van der Waals surface area (Å²) in [5.41, 5.74) is 9.45. The van der Waals surface area contributed by atoms with Crippen molar-refractivity contribution in [2.24, 2.45) is 0 Å². The van der Waals surface area contributed by atoms with Gasteiger partial charge in [-0.2, -0.15) is 0 Å². The lowest BCUT2D eigenvalue weighted by atomic mass is 9.98. The summed E-state index contributed by atoms with van der Waals surface area (Å²) < 4.78 is 30.6. The number of sulfonamides is 1. The molecule has 5 rings (SSSR count). The number of thiazole rings is 1. The Bertz CT molecular complexity index is 1610. The molecular formula is C26H23N5O3S2. The molecule has 1 amide bonds. The van der Waals surface area contributed by atoms with Gasteiger partial charge in [0.05, 0.1) is 6.04 Å². The van der Waals surface area contributed by atoms with E-state index in [0.717, 1.165) is 33.4 Å². The second kappa shape index (κ2) is 9.48. The van der Waals surface area contributed by atoms with Gasteiger partial charge in [-0.3, -0.25) is 9.52 Å². The second-order valence-corrected chi connectivity index (χ2v) is 11.1. The molecule has 0 fully saturated rings. The lowest BCUT2D eigenvalue weighted by molar-refractivity contribution is -0.114. The van der Waals surface area contributed by atoms with Crippen molar-refractivity contribution in [2.45, 2.75) is 17.2 Å². The molecule has 182 valence electrons. The van der Waals surface area contributed by atoms with Gasteiger partial charge < -0.3 is 15.6 Å². The van der Waals surface area contributed by atoms with E-state index in [-0.39, 0.29) is 27.1 Å². The number of nitrogens with zero attached hydrogens (tertiary/aromatic N) is 2. The Labute approximate surface area is 212 Å². The number of nitrogens with two attached hydrogens (primary N) is 1. The molecule has 0 aliphatic heterocycles. The molecule has 2 heterocycles. The van der Waals surface area contributed by atoms with Crippen molar-refractivity contribution in [1.82, 2.24) is 9.55 Å². The van der Waals surface area contributed by atoms with Crippen LogP contribution in [0.2, 0.25) is 0 Å². The lowest BCUT2D eigenvalue weighted by Gasteiger charge is -2.21. The van der Waals surface area contributed by atoms with Crippen LogP contribution in [-0.2, 0) is 14.8 Å². The first-order valence-corrected chi connectivity index (χ1v) is 13.4. The van der Waals surface area contributed by atoms with Crippen molar-refractivity contribution < 1.29 is 13.2 Å². The predicted octanol–water partition coefficient (Wildman–Crippen LogP) is 5.08. The maximum absolute atomic E-state index is 13.0. The summed E-state index contributed by atoms with van der Waals surface area (Å²) in [4.78, 5) is 15.2. The van der Waals surface area contributed by atoms with Crippen LogP contribution in [0.4, 0.5) is 16.6 Å². The summed E-state index contributed by atoms with van der Waals surface area (Å²) in [5.74, 6) is -0.531. The van der Waals surface area contributed by atoms with Crippen LogP contribution in [-0.4, -0.2) is 23.9 Å². The highest BCUT2D eigenvalue weighted by atomic mass is 32.2. The Balaban J connectivity index is 1.49. The van der Waals surface area contributed by atoms with Crippen molar-refractivity contribution in [1.29, 1.82) is 0 Å². The van der Waals surface area contributed by atoms with Gasteiger partial charge in [-0.15, -0.1) is 0 Å². The zero-order chi connectivity index (χ0) is 25.3. The number of carbonyl (C=O) groups is 1. The van der Waals surface area contributed by atoms with Gasteiger partial charge in [0.15, 0.2) is 15.2 Å². The summed E-state index contributed by atoms with van der Waals surface area (Å²) >= 11 is 0.798. The van der Waals surface area contributed by atoms with E-state index in [4.69, 9.17) is 5.73 Å². The van der Waals surface area contributed by atoms with Gasteiger partial charge >= 0.3 is 0 Å². The van der Waals surface area contributed by atoms with Crippen molar-refractivity contribution in [3.63, 3.8) is 0 Å². The minimum absolute atomic E-state index is 0.0448.